The molecule has 1 heterocycles. The van der Waals surface area contributed by atoms with Gasteiger partial charge < -0.3 is 20.5 Å². The summed E-state index contributed by atoms with van der Waals surface area (Å²) in [6.45, 7) is 2.10. The van der Waals surface area contributed by atoms with Gasteiger partial charge in [-0.15, -0.1) is 0 Å². The van der Waals surface area contributed by atoms with Gasteiger partial charge in [0.05, 0.1) is 13.2 Å². The smallest absolute Gasteiger partial charge is 0.193 e. The molecule has 118 valence electrons. The minimum Gasteiger partial charge on any atom is -0.490 e. The second kappa shape index (κ2) is 7.20. The van der Waals surface area contributed by atoms with E-state index in [-0.39, 0.29) is 0 Å². The highest BCUT2D eigenvalue weighted by molar-refractivity contribution is 5.92. The first-order valence-electron chi connectivity index (χ1n) is 7.96. The molecule has 0 saturated carbocycles. The second-order valence-electron chi connectivity index (χ2n) is 5.61. The van der Waals surface area contributed by atoms with Crippen molar-refractivity contribution in [1.29, 1.82) is 0 Å². The fourth-order valence-corrected chi connectivity index (χ4v) is 2.71. The molecule has 1 aliphatic carbocycles. The SMILES string of the molecule is NC(=NCCC1=CCCC1)Nc1ccc2c(c1)OCCCO2. The molecule has 1 aromatic carbocycles. The van der Waals surface area contributed by atoms with Crippen LogP contribution in [0.5, 0.6) is 11.5 Å². The number of allylic oxidation sites excluding steroid dienone is 1. The van der Waals surface area contributed by atoms with Gasteiger partial charge in [0.15, 0.2) is 17.5 Å². The van der Waals surface area contributed by atoms with E-state index < -0.39 is 0 Å². The third kappa shape index (κ3) is 3.93. The molecule has 5 nitrogen and oxygen atoms in total. The number of nitrogens with two attached hydrogens (primary N) is 1. The summed E-state index contributed by atoms with van der Waals surface area (Å²) in [6, 6.07) is 5.73. The number of nitrogens with zero attached hydrogens (tertiary/aromatic N) is 1. The van der Waals surface area contributed by atoms with Gasteiger partial charge in [-0.05, 0) is 37.8 Å². The molecule has 3 N–H and O–H groups in total. The van der Waals surface area contributed by atoms with Crippen molar-refractivity contribution >= 4 is 11.6 Å². The van der Waals surface area contributed by atoms with Crippen LogP contribution in [0.15, 0.2) is 34.8 Å². The van der Waals surface area contributed by atoms with Gasteiger partial charge in [0, 0.05) is 24.7 Å². The lowest BCUT2D eigenvalue weighted by molar-refractivity contribution is 0.297. The van der Waals surface area contributed by atoms with E-state index >= 15 is 0 Å². The van der Waals surface area contributed by atoms with Gasteiger partial charge >= 0.3 is 0 Å². The van der Waals surface area contributed by atoms with Crippen molar-refractivity contribution in [3.05, 3.63) is 29.8 Å². The summed E-state index contributed by atoms with van der Waals surface area (Å²) in [5.74, 6) is 1.98. The van der Waals surface area contributed by atoms with Gasteiger partial charge in [0.25, 0.3) is 0 Å². The Bertz CT molecular complexity index is 581. The maximum Gasteiger partial charge on any atom is 0.193 e. The highest BCUT2D eigenvalue weighted by atomic mass is 16.5. The first-order chi connectivity index (χ1) is 10.8. The average molecular weight is 301 g/mol. The Balaban J connectivity index is 1.56. The molecule has 1 aromatic rings. The molecule has 0 fully saturated rings. The van der Waals surface area contributed by atoms with Gasteiger partial charge in [-0.3, -0.25) is 4.99 Å². The molecular weight excluding hydrogens is 278 g/mol. The molecule has 0 spiro atoms. The van der Waals surface area contributed by atoms with Crippen molar-refractivity contribution in [1.82, 2.24) is 0 Å². The average Bonchev–Trinajstić information content (AvgIpc) is 2.91. The fourth-order valence-electron chi connectivity index (χ4n) is 2.71. The number of nitrogens with one attached hydrogen (secondary N) is 1. The number of guanidine groups is 1. The Morgan fingerprint density at radius 2 is 2.05 bits per heavy atom. The lowest BCUT2D eigenvalue weighted by atomic mass is 10.2. The highest BCUT2D eigenvalue weighted by Gasteiger charge is 2.11. The van der Waals surface area contributed by atoms with Crippen molar-refractivity contribution in [3.63, 3.8) is 0 Å². The zero-order valence-electron chi connectivity index (χ0n) is 12.8. The van der Waals surface area contributed by atoms with Crippen LogP contribution in [-0.4, -0.2) is 25.7 Å². The number of anilines is 1. The molecular formula is C17H23N3O2. The van der Waals surface area contributed by atoms with E-state index in [2.05, 4.69) is 16.4 Å². The summed E-state index contributed by atoms with van der Waals surface area (Å²) in [4.78, 5) is 4.38. The molecule has 0 atom stereocenters. The Morgan fingerprint density at radius 1 is 1.18 bits per heavy atom. The summed E-state index contributed by atoms with van der Waals surface area (Å²) in [5.41, 5.74) is 8.32. The molecule has 0 saturated heterocycles. The molecule has 0 bridgehead atoms. The summed E-state index contributed by atoms with van der Waals surface area (Å²) < 4.78 is 11.3. The van der Waals surface area contributed by atoms with Crippen molar-refractivity contribution in [2.45, 2.75) is 32.1 Å². The maximum absolute atomic E-state index is 5.94. The van der Waals surface area contributed by atoms with E-state index in [0.29, 0.717) is 19.2 Å². The van der Waals surface area contributed by atoms with Gasteiger partial charge in [0.2, 0.25) is 0 Å². The predicted molar refractivity (Wildman–Crippen MR) is 88.7 cm³/mol. The fraction of sp³-hybridized carbons (Fsp3) is 0.471. The van der Waals surface area contributed by atoms with Crippen LogP contribution in [0.2, 0.25) is 0 Å². The summed E-state index contributed by atoms with van der Waals surface area (Å²) >= 11 is 0. The lowest BCUT2D eigenvalue weighted by Gasteiger charge is -2.10. The third-order valence-electron chi connectivity index (χ3n) is 3.87. The number of aliphatic imine (C=N–C) groups is 1. The zero-order valence-corrected chi connectivity index (χ0v) is 12.8. The normalized spacial score (nSPS) is 17.8. The van der Waals surface area contributed by atoms with Crippen LogP contribution in [-0.2, 0) is 0 Å². The van der Waals surface area contributed by atoms with E-state index in [0.717, 1.165) is 36.6 Å². The minimum absolute atomic E-state index is 0.438. The largest absolute Gasteiger partial charge is 0.490 e. The first kappa shape index (κ1) is 14.8. The molecule has 3 rings (SSSR count). The first-order valence-corrected chi connectivity index (χ1v) is 7.96. The topological polar surface area (TPSA) is 68.9 Å². The quantitative estimate of drug-likeness (QED) is 0.509. The number of rotatable bonds is 4. The molecule has 0 aromatic heterocycles. The predicted octanol–water partition coefficient (Wildman–Crippen LogP) is 3.07. The zero-order chi connectivity index (χ0) is 15.2. The minimum atomic E-state index is 0.438. The molecule has 22 heavy (non-hydrogen) atoms. The second-order valence-corrected chi connectivity index (χ2v) is 5.61. The number of ether oxygens (including phenoxy) is 2. The van der Waals surface area contributed by atoms with E-state index in [4.69, 9.17) is 15.2 Å². The lowest BCUT2D eigenvalue weighted by Crippen LogP contribution is -2.22. The number of hydrogen-bond donors (Lipinski definition) is 2. The van der Waals surface area contributed by atoms with E-state index in [9.17, 15) is 0 Å². The van der Waals surface area contributed by atoms with Crippen LogP contribution < -0.4 is 20.5 Å². The number of hydrogen-bond acceptors (Lipinski definition) is 3. The summed E-state index contributed by atoms with van der Waals surface area (Å²) in [7, 11) is 0. The Labute approximate surface area is 131 Å². The van der Waals surface area contributed by atoms with Gasteiger partial charge in [-0.2, -0.15) is 0 Å². The van der Waals surface area contributed by atoms with Crippen LogP contribution in [0, 0.1) is 0 Å². The molecule has 0 radical (unpaired) electrons. The molecule has 1 aliphatic heterocycles. The van der Waals surface area contributed by atoms with Crippen LogP contribution in [0.4, 0.5) is 5.69 Å². The number of fused-ring (bicyclic) bond motifs is 1. The molecule has 5 heteroatoms. The molecule has 0 amide bonds. The van der Waals surface area contributed by atoms with Crippen LogP contribution in [0.3, 0.4) is 0 Å². The Hall–Kier alpha value is -2.17. The summed E-state index contributed by atoms with van der Waals surface area (Å²) in [5, 5.41) is 3.11. The Morgan fingerprint density at radius 3 is 2.86 bits per heavy atom. The van der Waals surface area contributed by atoms with Gasteiger partial charge in [-0.25, -0.2) is 0 Å². The van der Waals surface area contributed by atoms with Crippen molar-refractivity contribution in [2.24, 2.45) is 10.7 Å². The van der Waals surface area contributed by atoms with Crippen LogP contribution >= 0.6 is 0 Å². The summed E-state index contributed by atoms with van der Waals surface area (Å²) in [6.07, 6.45) is 7.93. The Kier molecular flexibility index (Phi) is 4.83. The molecule has 2 aliphatic rings. The maximum atomic E-state index is 5.94. The van der Waals surface area contributed by atoms with E-state index in [1.165, 1.54) is 24.8 Å². The van der Waals surface area contributed by atoms with Crippen LogP contribution in [0.25, 0.3) is 0 Å². The molecule has 0 unspecified atom stereocenters. The monoisotopic (exact) mass is 301 g/mol. The van der Waals surface area contributed by atoms with Gasteiger partial charge in [0.1, 0.15) is 0 Å². The van der Waals surface area contributed by atoms with Crippen molar-refractivity contribution in [2.75, 3.05) is 25.1 Å². The highest BCUT2D eigenvalue weighted by Crippen LogP contribution is 2.32. The van der Waals surface area contributed by atoms with Crippen LogP contribution in [0.1, 0.15) is 32.1 Å². The number of benzene rings is 1. The standard InChI is InChI=1S/C17H23N3O2/c18-17(19-9-8-13-4-1-2-5-13)20-14-6-7-15-16(12-14)22-11-3-10-21-15/h4,6-7,12H,1-3,5,8-11H2,(H3,18,19,20). The van der Waals surface area contributed by atoms with E-state index in [1.54, 1.807) is 0 Å². The third-order valence-corrected chi connectivity index (χ3v) is 3.87. The van der Waals surface area contributed by atoms with Gasteiger partial charge in [-0.1, -0.05) is 11.6 Å². The van der Waals surface area contributed by atoms with Crippen molar-refractivity contribution < 1.29 is 9.47 Å². The van der Waals surface area contributed by atoms with Crippen molar-refractivity contribution in [3.8, 4) is 11.5 Å². The van der Waals surface area contributed by atoms with E-state index in [1.807, 2.05) is 18.2 Å².